The lowest BCUT2D eigenvalue weighted by atomic mass is 10.2. The molecule has 0 aliphatic carbocycles. The molecule has 0 aromatic heterocycles. The summed E-state index contributed by atoms with van der Waals surface area (Å²) in [5, 5.41) is 2.39. The number of likely N-dealkylation sites (tertiary alicyclic amines) is 1. The molecule has 1 aromatic rings. The number of piperazine rings is 1. The van der Waals surface area contributed by atoms with Crippen molar-refractivity contribution in [2.45, 2.75) is 45.4 Å². The lowest BCUT2D eigenvalue weighted by molar-refractivity contribution is -0.149. The van der Waals surface area contributed by atoms with E-state index in [4.69, 9.17) is 9.47 Å². The minimum Gasteiger partial charge on any atom is -0.445 e. The number of carbonyl (C=O) groups is 6. The number of nitrogens with zero attached hydrogens (tertiary/aromatic N) is 3. The van der Waals surface area contributed by atoms with Crippen LogP contribution in [0.3, 0.4) is 0 Å². The van der Waals surface area contributed by atoms with Gasteiger partial charge in [0.25, 0.3) is 5.91 Å². The van der Waals surface area contributed by atoms with Gasteiger partial charge in [0.15, 0.2) is 0 Å². The van der Waals surface area contributed by atoms with Crippen molar-refractivity contribution in [2.75, 3.05) is 27.2 Å². The minimum absolute atomic E-state index is 0.0181. The second-order valence-electron chi connectivity index (χ2n) is 8.94. The first-order valence-electron chi connectivity index (χ1n) is 10.8. The summed E-state index contributed by atoms with van der Waals surface area (Å²) in [6.45, 7) is 5.07. The van der Waals surface area contributed by atoms with Crippen molar-refractivity contribution in [2.24, 2.45) is 0 Å². The largest absolute Gasteiger partial charge is 0.445 e. The minimum atomic E-state index is -0.819. The van der Waals surface area contributed by atoms with Crippen LogP contribution >= 0.6 is 0 Å². The predicted octanol–water partition coefficient (Wildman–Crippen LogP) is 0.892. The van der Waals surface area contributed by atoms with E-state index in [0.29, 0.717) is 0 Å². The molecule has 2 aliphatic heterocycles. The van der Waals surface area contributed by atoms with Gasteiger partial charge in [-0.05, 0) is 26.3 Å². The summed E-state index contributed by atoms with van der Waals surface area (Å²) >= 11 is 0. The van der Waals surface area contributed by atoms with Crippen molar-refractivity contribution in [3.63, 3.8) is 0 Å². The summed E-state index contributed by atoms with van der Waals surface area (Å²) in [5.74, 6) is -1.52. The van der Waals surface area contributed by atoms with Crippen LogP contribution in [-0.4, -0.2) is 89.3 Å². The number of alkyl carbamates (subject to hydrolysis) is 1. The number of imide groups is 2. The fourth-order valence-corrected chi connectivity index (χ4v) is 2.96. The Labute approximate surface area is 203 Å². The molecule has 0 radical (unpaired) electrons. The van der Waals surface area contributed by atoms with E-state index < -0.39 is 41.6 Å². The van der Waals surface area contributed by atoms with Gasteiger partial charge in [0, 0.05) is 14.1 Å². The lowest BCUT2D eigenvalue weighted by Gasteiger charge is -2.32. The van der Waals surface area contributed by atoms with E-state index in [0.717, 1.165) is 20.3 Å². The Bertz CT molecular complexity index is 971. The third-order valence-corrected chi connectivity index (χ3v) is 4.94. The fraction of sp³-hybridized carbons (Fsp3) is 0.478. The summed E-state index contributed by atoms with van der Waals surface area (Å²) in [4.78, 5) is 71.7. The molecular weight excluding hydrogens is 460 g/mol. The molecular formula is C23H30N4O8. The molecule has 1 atom stereocenters. The van der Waals surface area contributed by atoms with Crippen LogP contribution in [0.5, 0.6) is 0 Å². The summed E-state index contributed by atoms with van der Waals surface area (Å²) in [6.07, 6.45) is -1.36. The SMILES string of the molecule is CN1C(=O)CC(NC(=O)OCc2ccccc2)C1=O.CN1C(=O)CN(C(=O)OC(C)(C)C)CC1=O. The van der Waals surface area contributed by atoms with Gasteiger partial charge < -0.3 is 14.8 Å². The standard InChI is InChI=1S/C13H14N2O4.C10H16N2O4/c1-15-11(16)7-10(12(15)17)14-13(18)19-8-9-5-3-2-4-6-9;1-10(2,3)16-9(15)12-5-7(13)11(4)8(14)6-12/h2-6,10H,7-8H2,1H3,(H,14,18);5-6H2,1-4H3. The maximum Gasteiger partial charge on any atom is 0.411 e. The summed E-state index contributed by atoms with van der Waals surface area (Å²) in [5.41, 5.74) is 0.218. The molecule has 0 saturated carbocycles. The number of carbonyl (C=O) groups excluding carboxylic acids is 6. The second-order valence-corrected chi connectivity index (χ2v) is 8.94. The van der Waals surface area contributed by atoms with Crippen molar-refractivity contribution < 1.29 is 38.2 Å². The van der Waals surface area contributed by atoms with E-state index in [1.54, 1.807) is 20.8 Å². The van der Waals surface area contributed by atoms with E-state index in [1.165, 1.54) is 14.1 Å². The molecule has 2 fully saturated rings. The van der Waals surface area contributed by atoms with Gasteiger partial charge in [-0.2, -0.15) is 0 Å². The van der Waals surface area contributed by atoms with Crippen LogP contribution in [-0.2, 0) is 35.3 Å². The van der Waals surface area contributed by atoms with Gasteiger partial charge in [-0.25, -0.2) is 9.59 Å². The molecule has 0 bridgehead atoms. The molecule has 6 amide bonds. The molecule has 12 nitrogen and oxygen atoms in total. The predicted molar refractivity (Wildman–Crippen MR) is 122 cm³/mol. The zero-order valence-electron chi connectivity index (χ0n) is 20.4. The Balaban J connectivity index is 0.000000251. The number of amides is 6. The topological polar surface area (TPSA) is 143 Å². The lowest BCUT2D eigenvalue weighted by Crippen LogP contribution is -2.54. The zero-order valence-corrected chi connectivity index (χ0v) is 20.4. The van der Waals surface area contributed by atoms with Crippen molar-refractivity contribution in [1.29, 1.82) is 0 Å². The zero-order chi connectivity index (χ0) is 26.3. The third kappa shape index (κ3) is 8.09. The van der Waals surface area contributed by atoms with Gasteiger partial charge in [0.05, 0.1) is 6.42 Å². The van der Waals surface area contributed by atoms with Crippen LogP contribution in [0.4, 0.5) is 9.59 Å². The van der Waals surface area contributed by atoms with Crippen molar-refractivity contribution in [3.05, 3.63) is 35.9 Å². The van der Waals surface area contributed by atoms with E-state index in [2.05, 4.69) is 5.32 Å². The summed E-state index contributed by atoms with van der Waals surface area (Å²) in [7, 11) is 2.79. The van der Waals surface area contributed by atoms with Crippen LogP contribution in [0.15, 0.2) is 30.3 Å². The molecule has 0 spiro atoms. The molecule has 3 rings (SSSR count). The number of ether oxygens (including phenoxy) is 2. The number of benzene rings is 1. The van der Waals surface area contributed by atoms with Crippen LogP contribution in [0.1, 0.15) is 32.8 Å². The van der Waals surface area contributed by atoms with Gasteiger partial charge in [0.2, 0.25) is 17.7 Å². The third-order valence-electron chi connectivity index (χ3n) is 4.94. The average molecular weight is 491 g/mol. The number of likely N-dealkylation sites (N-methyl/N-ethyl adjacent to an activating group) is 2. The number of hydrogen-bond donors (Lipinski definition) is 1. The van der Waals surface area contributed by atoms with E-state index in [-0.39, 0.29) is 32.0 Å². The van der Waals surface area contributed by atoms with Gasteiger partial charge in [-0.15, -0.1) is 0 Å². The molecule has 12 heteroatoms. The Hall–Kier alpha value is -3.96. The van der Waals surface area contributed by atoms with E-state index in [1.807, 2.05) is 30.3 Å². The van der Waals surface area contributed by atoms with Gasteiger partial charge in [-0.1, -0.05) is 30.3 Å². The fourth-order valence-electron chi connectivity index (χ4n) is 2.96. The molecule has 1 aromatic carbocycles. The molecule has 2 heterocycles. The van der Waals surface area contributed by atoms with Crippen molar-refractivity contribution >= 4 is 35.8 Å². The highest BCUT2D eigenvalue weighted by atomic mass is 16.6. The van der Waals surface area contributed by atoms with Crippen LogP contribution in [0, 0.1) is 0 Å². The molecule has 2 aliphatic rings. The van der Waals surface area contributed by atoms with Crippen molar-refractivity contribution in [3.8, 4) is 0 Å². The Kier molecular flexibility index (Phi) is 8.93. The van der Waals surface area contributed by atoms with Crippen LogP contribution in [0.2, 0.25) is 0 Å². The highest BCUT2D eigenvalue weighted by molar-refractivity contribution is 6.06. The molecule has 1 N–H and O–H groups in total. The number of hydrogen-bond acceptors (Lipinski definition) is 8. The normalized spacial score (nSPS) is 18.2. The Morgan fingerprint density at radius 1 is 0.943 bits per heavy atom. The van der Waals surface area contributed by atoms with Crippen molar-refractivity contribution in [1.82, 2.24) is 20.0 Å². The smallest absolute Gasteiger partial charge is 0.411 e. The van der Waals surface area contributed by atoms with Crippen LogP contribution < -0.4 is 5.32 Å². The molecule has 190 valence electrons. The average Bonchev–Trinajstić information content (AvgIpc) is 3.02. The maximum atomic E-state index is 11.6. The first kappa shape index (κ1) is 27.3. The summed E-state index contributed by atoms with van der Waals surface area (Å²) < 4.78 is 10.0. The monoisotopic (exact) mass is 490 g/mol. The highest BCUT2D eigenvalue weighted by Gasteiger charge is 2.37. The first-order chi connectivity index (χ1) is 16.3. The van der Waals surface area contributed by atoms with Gasteiger partial charge >= 0.3 is 12.2 Å². The molecule has 35 heavy (non-hydrogen) atoms. The van der Waals surface area contributed by atoms with Gasteiger partial charge in [-0.3, -0.25) is 33.9 Å². The Morgan fingerprint density at radius 2 is 1.51 bits per heavy atom. The summed E-state index contributed by atoms with van der Waals surface area (Å²) in [6, 6.07) is 8.37. The van der Waals surface area contributed by atoms with E-state index in [9.17, 15) is 28.8 Å². The Morgan fingerprint density at radius 3 is 2.00 bits per heavy atom. The van der Waals surface area contributed by atoms with Crippen LogP contribution in [0.25, 0.3) is 0 Å². The molecule has 2 saturated heterocycles. The highest BCUT2D eigenvalue weighted by Crippen LogP contribution is 2.12. The van der Waals surface area contributed by atoms with E-state index >= 15 is 0 Å². The van der Waals surface area contributed by atoms with Gasteiger partial charge in [0.1, 0.15) is 31.3 Å². The second kappa shape index (κ2) is 11.4. The number of nitrogens with one attached hydrogen (secondary N) is 1. The molecule has 1 unspecified atom stereocenters. The first-order valence-corrected chi connectivity index (χ1v) is 10.8. The number of rotatable bonds is 3. The maximum absolute atomic E-state index is 11.6. The quantitative estimate of drug-likeness (QED) is 0.616.